The van der Waals surface area contributed by atoms with Crippen molar-refractivity contribution in [1.29, 1.82) is 0 Å². The number of nitrogens with zero attached hydrogens (tertiary/aromatic N) is 2. The summed E-state index contributed by atoms with van der Waals surface area (Å²) < 4.78 is 5.88. The van der Waals surface area contributed by atoms with E-state index in [1.165, 1.54) is 12.5 Å². The van der Waals surface area contributed by atoms with Gasteiger partial charge in [-0.05, 0) is 19.1 Å². The Morgan fingerprint density at radius 1 is 1.45 bits per heavy atom. The molecule has 116 valence electrons. The van der Waals surface area contributed by atoms with Crippen LogP contribution in [0.2, 0.25) is 0 Å². The van der Waals surface area contributed by atoms with E-state index in [1.807, 2.05) is 30.3 Å². The first kappa shape index (κ1) is 14.6. The quantitative estimate of drug-likeness (QED) is 0.899. The fourth-order valence-electron chi connectivity index (χ4n) is 2.72. The lowest BCUT2D eigenvalue weighted by atomic mass is 9.91. The Morgan fingerprint density at radius 3 is 2.86 bits per heavy atom. The summed E-state index contributed by atoms with van der Waals surface area (Å²) in [5.41, 5.74) is -0.678. The smallest absolute Gasteiger partial charge is 0.272 e. The van der Waals surface area contributed by atoms with Crippen LogP contribution in [0.1, 0.15) is 23.8 Å². The van der Waals surface area contributed by atoms with Crippen molar-refractivity contribution in [2.45, 2.75) is 25.0 Å². The molecule has 3 rings (SSSR count). The molecule has 1 aliphatic heterocycles. The van der Waals surface area contributed by atoms with Crippen molar-refractivity contribution in [2.75, 3.05) is 13.1 Å². The number of benzene rings is 1. The molecule has 6 nitrogen and oxygen atoms in total. The molecule has 2 heterocycles. The number of likely N-dealkylation sites (tertiary alicyclic amines) is 1. The minimum absolute atomic E-state index is 0.157. The maximum Gasteiger partial charge on any atom is 0.272 e. The number of amides is 1. The topological polar surface area (TPSA) is 78.5 Å². The zero-order valence-electron chi connectivity index (χ0n) is 12.4. The van der Waals surface area contributed by atoms with E-state index in [2.05, 4.69) is 9.97 Å². The number of imidazole rings is 1. The molecule has 0 saturated carbocycles. The molecule has 1 saturated heterocycles. The third-order valence-electron chi connectivity index (χ3n) is 3.90. The summed E-state index contributed by atoms with van der Waals surface area (Å²) in [7, 11) is 0. The normalized spacial score (nSPS) is 25.0. The summed E-state index contributed by atoms with van der Waals surface area (Å²) in [5, 5.41) is 10.7. The molecule has 2 aromatic rings. The minimum atomic E-state index is -1.11. The van der Waals surface area contributed by atoms with Crippen LogP contribution in [0.15, 0.2) is 42.9 Å². The molecule has 22 heavy (non-hydrogen) atoms. The van der Waals surface area contributed by atoms with E-state index < -0.39 is 5.60 Å². The van der Waals surface area contributed by atoms with Crippen molar-refractivity contribution >= 4 is 5.91 Å². The largest absolute Gasteiger partial charge is 0.487 e. The van der Waals surface area contributed by atoms with Gasteiger partial charge < -0.3 is 19.7 Å². The number of hydrogen-bond donors (Lipinski definition) is 2. The number of carbonyl (C=O) groups is 1. The molecule has 0 aliphatic carbocycles. The lowest BCUT2D eigenvalue weighted by Gasteiger charge is -2.42. The van der Waals surface area contributed by atoms with E-state index in [0.29, 0.717) is 18.7 Å². The maximum absolute atomic E-state index is 12.3. The predicted octanol–water partition coefficient (Wildman–Crippen LogP) is 1.45. The molecule has 1 amide bonds. The third kappa shape index (κ3) is 2.96. The highest BCUT2D eigenvalue weighted by molar-refractivity contribution is 5.92. The van der Waals surface area contributed by atoms with Crippen LogP contribution in [0.25, 0.3) is 0 Å². The molecule has 0 bridgehead atoms. The van der Waals surface area contributed by atoms with Gasteiger partial charge in [-0.2, -0.15) is 0 Å². The monoisotopic (exact) mass is 301 g/mol. The summed E-state index contributed by atoms with van der Waals surface area (Å²) in [6.45, 7) is 2.46. The van der Waals surface area contributed by atoms with E-state index in [-0.39, 0.29) is 18.6 Å². The van der Waals surface area contributed by atoms with Gasteiger partial charge >= 0.3 is 0 Å². The van der Waals surface area contributed by atoms with Crippen LogP contribution in [-0.2, 0) is 0 Å². The summed E-state index contributed by atoms with van der Waals surface area (Å²) in [5.74, 6) is 0.567. The van der Waals surface area contributed by atoms with Crippen molar-refractivity contribution in [3.05, 3.63) is 48.5 Å². The first-order valence-electron chi connectivity index (χ1n) is 7.28. The Kier molecular flexibility index (Phi) is 3.85. The number of aromatic nitrogens is 2. The Morgan fingerprint density at radius 2 is 2.23 bits per heavy atom. The molecule has 6 heteroatoms. The van der Waals surface area contributed by atoms with E-state index in [1.54, 1.807) is 11.8 Å². The van der Waals surface area contributed by atoms with Gasteiger partial charge in [-0.15, -0.1) is 0 Å². The second-order valence-electron chi connectivity index (χ2n) is 5.76. The van der Waals surface area contributed by atoms with Crippen molar-refractivity contribution in [3.8, 4) is 5.75 Å². The number of aromatic amines is 1. The molecule has 2 atom stereocenters. The number of H-pyrrole nitrogens is 1. The second-order valence-corrected chi connectivity index (χ2v) is 5.76. The minimum Gasteiger partial charge on any atom is -0.487 e. The van der Waals surface area contributed by atoms with Gasteiger partial charge in [0.2, 0.25) is 0 Å². The van der Waals surface area contributed by atoms with Crippen molar-refractivity contribution < 1.29 is 14.6 Å². The van der Waals surface area contributed by atoms with E-state index >= 15 is 0 Å². The van der Waals surface area contributed by atoms with Gasteiger partial charge in [-0.25, -0.2) is 4.98 Å². The number of ether oxygens (including phenoxy) is 1. The number of piperidine rings is 1. The van der Waals surface area contributed by atoms with Crippen molar-refractivity contribution in [2.24, 2.45) is 0 Å². The van der Waals surface area contributed by atoms with Crippen LogP contribution in [-0.4, -0.2) is 50.7 Å². The van der Waals surface area contributed by atoms with Gasteiger partial charge in [-0.3, -0.25) is 4.79 Å². The predicted molar refractivity (Wildman–Crippen MR) is 80.6 cm³/mol. The van der Waals surface area contributed by atoms with Crippen LogP contribution in [0.4, 0.5) is 0 Å². The molecule has 0 radical (unpaired) electrons. The fraction of sp³-hybridized carbons (Fsp3) is 0.375. The molecule has 0 unspecified atom stereocenters. The highest BCUT2D eigenvalue weighted by Gasteiger charge is 2.41. The van der Waals surface area contributed by atoms with Gasteiger partial charge in [0.15, 0.2) is 0 Å². The van der Waals surface area contributed by atoms with Gasteiger partial charge in [-0.1, -0.05) is 18.2 Å². The molecule has 1 aromatic heterocycles. The first-order valence-corrected chi connectivity index (χ1v) is 7.28. The Balaban J connectivity index is 1.68. The van der Waals surface area contributed by atoms with Gasteiger partial charge in [0.05, 0.1) is 19.1 Å². The Hall–Kier alpha value is -2.34. The zero-order chi connectivity index (χ0) is 15.6. The Bertz CT molecular complexity index is 625. The highest BCUT2D eigenvalue weighted by Crippen LogP contribution is 2.26. The molecule has 2 N–H and O–H groups in total. The van der Waals surface area contributed by atoms with Crippen molar-refractivity contribution in [1.82, 2.24) is 14.9 Å². The van der Waals surface area contributed by atoms with E-state index in [4.69, 9.17) is 4.74 Å². The van der Waals surface area contributed by atoms with E-state index in [9.17, 15) is 9.90 Å². The van der Waals surface area contributed by atoms with Crippen LogP contribution < -0.4 is 4.74 Å². The number of para-hydroxylation sites is 1. The van der Waals surface area contributed by atoms with Crippen LogP contribution in [0.3, 0.4) is 0 Å². The summed E-state index contributed by atoms with van der Waals surface area (Å²) in [4.78, 5) is 20.6. The average molecular weight is 301 g/mol. The number of aliphatic hydroxyl groups is 1. The summed E-state index contributed by atoms with van der Waals surface area (Å²) in [6, 6.07) is 9.41. The van der Waals surface area contributed by atoms with Crippen molar-refractivity contribution in [3.63, 3.8) is 0 Å². The maximum atomic E-state index is 12.3. The van der Waals surface area contributed by atoms with E-state index in [0.717, 1.165) is 5.75 Å². The number of hydrogen-bond acceptors (Lipinski definition) is 4. The highest BCUT2D eigenvalue weighted by atomic mass is 16.5. The SMILES string of the molecule is C[C@]1(O)CN(C(=O)c2cnc[nH]2)CC[C@@H]1Oc1ccccc1. The molecule has 1 aromatic carbocycles. The summed E-state index contributed by atoms with van der Waals surface area (Å²) in [6.07, 6.45) is 3.18. The fourth-order valence-corrected chi connectivity index (χ4v) is 2.72. The summed E-state index contributed by atoms with van der Waals surface area (Å²) >= 11 is 0. The number of β-amino-alcohol motifs (C(OH)–C–C–N with tert-alkyl or cyclic N) is 1. The third-order valence-corrected chi connectivity index (χ3v) is 3.90. The number of carbonyl (C=O) groups excluding carboxylic acids is 1. The second kappa shape index (κ2) is 5.81. The zero-order valence-corrected chi connectivity index (χ0v) is 12.4. The first-order chi connectivity index (χ1) is 10.6. The lowest BCUT2D eigenvalue weighted by molar-refractivity contribution is -0.0900. The van der Waals surface area contributed by atoms with Crippen LogP contribution >= 0.6 is 0 Å². The molecular formula is C16H19N3O3. The van der Waals surface area contributed by atoms with Crippen LogP contribution in [0.5, 0.6) is 5.75 Å². The molecular weight excluding hydrogens is 282 g/mol. The number of rotatable bonds is 3. The lowest BCUT2D eigenvalue weighted by Crippen LogP contribution is -2.58. The van der Waals surface area contributed by atoms with Gasteiger partial charge in [0, 0.05) is 13.0 Å². The average Bonchev–Trinajstić information content (AvgIpc) is 3.03. The number of nitrogens with one attached hydrogen (secondary N) is 1. The van der Waals surface area contributed by atoms with Gasteiger partial charge in [0.25, 0.3) is 5.91 Å². The van der Waals surface area contributed by atoms with Crippen LogP contribution in [0, 0.1) is 0 Å². The van der Waals surface area contributed by atoms with Gasteiger partial charge in [0.1, 0.15) is 23.1 Å². The standard InChI is InChI=1S/C16H19N3O3/c1-16(21)10-19(15(20)13-9-17-11-18-13)8-7-14(16)22-12-5-3-2-4-6-12/h2-6,9,11,14,21H,7-8,10H2,1H3,(H,17,18)/t14-,16-/m0/s1. The molecule has 0 spiro atoms. The molecule has 1 aliphatic rings. The Labute approximate surface area is 128 Å². The molecule has 1 fully saturated rings.